The summed E-state index contributed by atoms with van der Waals surface area (Å²) in [5.41, 5.74) is 1.31. The van der Waals surface area contributed by atoms with E-state index in [2.05, 4.69) is 26.1 Å². The van der Waals surface area contributed by atoms with E-state index in [1.165, 1.54) is 25.7 Å². The molecule has 0 aliphatic carbocycles. The molecule has 1 aromatic carbocycles. The molecule has 0 aliphatic heterocycles. The van der Waals surface area contributed by atoms with Gasteiger partial charge in [-0.15, -0.1) is 0 Å². The Kier molecular flexibility index (Phi) is 6.20. The quantitative estimate of drug-likeness (QED) is 0.680. The summed E-state index contributed by atoms with van der Waals surface area (Å²) >= 11 is 0. The number of nitrogens with one attached hydrogen (secondary N) is 1. The van der Waals surface area contributed by atoms with Crippen LogP contribution < -0.4 is 5.32 Å². The predicted octanol–water partition coefficient (Wildman–Crippen LogP) is 4.09. The van der Waals surface area contributed by atoms with Gasteiger partial charge in [0, 0.05) is 18.7 Å². The van der Waals surface area contributed by atoms with Crippen LogP contribution in [0.15, 0.2) is 24.3 Å². The van der Waals surface area contributed by atoms with Crippen LogP contribution in [-0.2, 0) is 6.54 Å². The van der Waals surface area contributed by atoms with Crippen LogP contribution in [0.2, 0.25) is 0 Å². The van der Waals surface area contributed by atoms with Crippen molar-refractivity contribution in [3.8, 4) is 5.75 Å². The number of phenols is 1. The summed E-state index contributed by atoms with van der Waals surface area (Å²) in [6, 6.07) is 7.52. The smallest absolute Gasteiger partial charge is 0.120 e. The lowest BCUT2D eigenvalue weighted by Crippen LogP contribution is -2.29. The van der Waals surface area contributed by atoms with Crippen LogP contribution in [-0.4, -0.2) is 11.7 Å². The first-order valence-electron chi connectivity index (χ1n) is 7.03. The van der Waals surface area contributed by atoms with E-state index >= 15 is 0 Å². The number of para-hydroxylation sites is 1. The standard InChI is InChI=1S/C16H27NO/c1-4-5-8-11-16(2,3)13-17-12-14-9-6-7-10-15(14)18/h6-7,9-10,17-18H,4-5,8,11-13H2,1-3H3. The minimum absolute atomic E-state index is 0.333. The van der Waals surface area contributed by atoms with Crippen LogP contribution in [0.1, 0.15) is 52.0 Å². The van der Waals surface area contributed by atoms with Crippen molar-refractivity contribution in [1.82, 2.24) is 5.32 Å². The molecule has 0 bridgehead atoms. The second kappa shape index (κ2) is 7.42. The lowest BCUT2D eigenvalue weighted by molar-refractivity contribution is 0.301. The summed E-state index contributed by atoms with van der Waals surface area (Å²) in [7, 11) is 0. The van der Waals surface area contributed by atoms with Gasteiger partial charge in [0.1, 0.15) is 5.75 Å². The van der Waals surface area contributed by atoms with Crippen molar-refractivity contribution < 1.29 is 5.11 Å². The number of rotatable bonds is 8. The van der Waals surface area contributed by atoms with Crippen molar-refractivity contribution in [2.45, 2.75) is 53.0 Å². The highest BCUT2D eigenvalue weighted by atomic mass is 16.3. The molecule has 0 aromatic heterocycles. The molecule has 0 atom stereocenters. The number of hydrogen-bond donors (Lipinski definition) is 2. The molecule has 0 aliphatic rings. The van der Waals surface area contributed by atoms with Crippen molar-refractivity contribution >= 4 is 0 Å². The van der Waals surface area contributed by atoms with E-state index in [9.17, 15) is 5.11 Å². The molecule has 0 radical (unpaired) electrons. The van der Waals surface area contributed by atoms with Crippen LogP contribution in [0.3, 0.4) is 0 Å². The van der Waals surface area contributed by atoms with Gasteiger partial charge >= 0.3 is 0 Å². The lowest BCUT2D eigenvalue weighted by Gasteiger charge is -2.25. The van der Waals surface area contributed by atoms with E-state index in [4.69, 9.17) is 0 Å². The highest BCUT2D eigenvalue weighted by molar-refractivity contribution is 5.31. The van der Waals surface area contributed by atoms with Gasteiger partial charge < -0.3 is 10.4 Å². The minimum atomic E-state index is 0.333. The van der Waals surface area contributed by atoms with Gasteiger partial charge in [-0.1, -0.05) is 58.2 Å². The Morgan fingerprint density at radius 3 is 2.56 bits per heavy atom. The van der Waals surface area contributed by atoms with E-state index in [1.54, 1.807) is 6.07 Å². The maximum Gasteiger partial charge on any atom is 0.120 e. The fourth-order valence-electron chi connectivity index (χ4n) is 2.14. The largest absolute Gasteiger partial charge is 0.508 e. The average molecular weight is 249 g/mol. The van der Waals surface area contributed by atoms with Crippen molar-refractivity contribution in [1.29, 1.82) is 0 Å². The van der Waals surface area contributed by atoms with Gasteiger partial charge in [-0.25, -0.2) is 0 Å². The zero-order chi connectivity index (χ0) is 13.4. The molecule has 0 fully saturated rings. The zero-order valence-electron chi connectivity index (χ0n) is 12.0. The summed E-state index contributed by atoms with van der Waals surface area (Å²) < 4.78 is 0. The first-order chi connectivity index (χ1) is 8.55. The number of unbranched alkanes of at least 4 members (excludes halogenated alkanes) is 2. The minimum Gasteiger partial charge on any atom is -0.508 e. The van der Waals surface area contributed by atoms with Gasteiger partial charge in [-0.2, -0.15) is 0 Å². The zero-order valence-corrected chi connectivity index (χ0v) is 12.0. The van der Waals surface area contributed by atoms with Crippen LogP contribution >= 0.6 is 0 Å². The molecule has 1 rings (SSSR count). The molecule has 0 saturated heterocycles. The van der Waals surface area contributed by atoms with Crippen molar-refractivity contribution in [3.63, 3.8) is 0 Å². The molecule has 18 heavy (non-hydrogen) atoms. The fraction of sp³-hybridized carbons (Fsp3) is 0.625. The van der Waals surface area contributed by atoms with E-state index in [1.807, 2.05) is 18.2 Å². The normalized spacial score (nSPS) is 11.7. The van der Waals surface area contributed by atoms with Gasteiger partial charge in [0.2, 0.25) is 0 Å². The van der Waals surface area contributed by atoms with Crippen molar-refractivity contribution in [2.75, 3.05) is 6.54 Å². The lowest BCUT2D eigenvalue weighted by atomic mass is 9.87. The fourth-order valence-corrected chi connectivity index (χ4v) is 2.14. The molecule has 0 amide bonds. The second-order valence-corrected chi connectivity index (χ2v) is 5.85. The Bertz CT molecular complexity index is 347. The Labute approximate surface area is 111 Å². The molecule has 2 N–H and O–H groups in total. The van der Waals surface area contributed by atoms with Gasteiger partial charge in [-0.05, 0) is 17.9 Å². The summed E-state index contributed by atoms with van der Waals surface area (Å²) in [6.45, 7) is 8.58. The Morgan fingerprint density at radius 1 is 1.17 bits per heavy atom. The highest BCUT2D eigenvalue weighted by Crippen LogP contribution is 2.23. The molecule has 102 valence electrons. The van der Waals surface area contributed by atoms with Gasteiger partial charge in [-0.3, -0.25) is 0 Å². The Hall–Kier alpha value is -1.02. The summed E-state index contributed by atoms with van der Waals surface area (Å²) in [4.78, 5) is 0. The van der Waals surface area contributed by atoms with Crippen LogP contribution in [0, 0.1) is 5.41 Å². The van der Waals surface area contributed by atoms with Crippen molar-refractivity contribution in [3.05, 3.63) is 29.8 Å². The second-order valence-electron chi connectivity index (χ2n) is 5.85. The maximum atomic E-state index is 9.67. The van der Waals surface area contributed by atoms with E-state index in [0.717, 1.165) is 18.7 Å². The number of benzene rings is 1. The summed E-state index contributed by atoms with van der Waals surface area (Å²) in [6.07, 6.45) is 5.17. The number of phenolic OH excluding ortho intramolecular Hbond substituents is 1. The third-order valence-electron chi connectivity index (χ3n) is 3.37. The van der Waals surface area contributed by atoms with Gasteiger partial charge in [0.05, 0.1) is 0 Å². The Morgan fingerprint density at radius 2 is 1.89 bits per heavy atom. The molecule has 0 spiro atoms. The topological polar surface area (TPSA) is 32.3 Å². The summed E-state index contributed by atoms with van der Waals surface area (Å²) in [5.74, 6) is 0.383. The third kappa shape index (κ3) is 5.54. The first-order valence-corrected chi connectivity index (χ1v) is 7.03. The van der Waals surface area contributed by atoms with Crippen molar-refractivity contribution in [2.24, 2.45) is 5.41 Å². The first kappa shape index (κ1) is 15.0. The van der Waals surface area contributed by atoms with E-state index in [0.29, 0.717) is 11.2 Å². The molecular formula is C16H27NO. The molecule has 0 unspecified atom stereocenters. The van der Waals surface area contributed by atoms with Gasteiger partial charge in [0.15, 0.2) is 0 Å². The predicted molar refractivity (Wildman–Crippen MR) is 77.7 cm³/mol. The molecule has 1 aromatic rings. The number of aromatic hydroxyl groups is 1. The van der Waals surface area contributed by atoms with Crippen LogP contribution in [0.4, 0.5) is 0 Å². The van der Waals surface area contributed by atoms with E-state index < -0.39 is 0 Å². The third-order valence-corrected chi connectivity index (χ3v) is 3.37. The maximum absolute atomic E-state index is 9.67. The van der Waals surface area contributed by atoms with Crippen LogP contribution in [0.25, 0.3) is 0 Å². The molecule has 2 heteroatoms. The molecule has 0 heterocycles. The Balaban J connectivity index is 2.30. The average Bonchev–Trinajstić information content (AvgIpc) is 2.32. The highest BCUT2D eigenvalue weighted by Gasteiger charge is 2.16. The summed E-state index contributed by atoms with van der Waals surface area (Å²) in [5, 5.41) is 13.1. The number of hydrogen-bond acceptors (Lipinski definition) is 2. The van der Waals surface area contributed by atoms with Gasteiger partial charge in [0.25, 0.3) is 0 Å². The molecular weight excluding hydrogens is 222 g/mol. The van der Waals surface area contributed by atoms with E-state index in [-0.39, 0.29) is 0 Å². The molecule has 0 saturated carbocycles. The monoisotopic (exact) mass is 249 g/mol. The van der Waals surface area contributed by atoms with Crippen LogP contribution in [0.5, 0.6) is 5.75 Å². The SMILES string of the molecule is CCCCCC(C)(C)CNCc1ccccc1O. The molecule has 2 nitrogen and oxygen atoms in total.